The minimum atomic E-state index is 0.577. The molecule has 0 radical (unpaired) electrons. The van der Waals surface area contributed by atoms with Crippen molar-refractivity contribution in [1.29, 1.82) is 0 Å². The molecule has 1 atom stereocenters. The normalized spacial score (nSPS) is 24.7. The lowest BCUT2D eigenvalue weighted by Gasteiger charge is -2.27. The monoisotopic (exact) mass is 250 g/mol. The molecule has 2 heterocycles. The molecule has 1 saturated carbocycles. The first-order valence-corrected chi connectivity index (χ1v) is 7.05. The van der Waals surface area contributed by atoms with E-state index in [4.69, 9.17) is 4.52 Å². The van der Waals surface area contributed by atoms with Crippen LogP contribution in [-0.4, -0.2) is 41.2 Å². The molecule has 100 valence electrons. The van der Waals surface area contributed by atoms with E-state index in [1.807, 2.05) is 0 Å². The fraction of sp³-hybridized carbons (Fsp3) is 0.846. The molecule has 1 N–H and O–H groups in total. The van der Waals surface area contributed by atoms with E-state index < -0.39 is 0 Å². The van der Waals surface area contributed by atoms with Gasteiger partial charge in [-0.15, -0.1) is 0 Å². The number of aromatic nitrogens is 2. The quantitative estimate of drug-likeness (QED) is 0.858. The molecule has 5 heteroatoms. The van der Waals surface area contributed by atoms with Gasteiger partial charge in [-0.1, -0.05) is 11.6 Å². The Bertz CT molecular complexity index is 382. The van der Waals surface area contributed by atoms with Crippen LogP contribution < -0.4 is 5.32 Å². The number of hydrogen-bond donors (Lipinski definition) is 1. The Morgan fingerprint density at radius 1 is 1.33 bits per heavy atom. The Morgan fingerprint density at radius 3 is 2.94 bits per heavy atom. The van der Waals surface area contributed by atoms with Crippen molar-refractivity contribution < 1.29 is 4.52 Å². The summed E-state index contributed by atoms with van der Waals surface area (Å²) in [6, 6.07) is 0.620. The van der Waals surface area contributed by atoms with Crippen molar-refractivity contribution in [3.63, 3.8) is 0 Å². The van der Waals surface area contributed by atoms with E-state index in [0.29, 0.717) is 12.0 Å². The second-order valence-electron chi connectivity index (χ2n) is 5.66. The molecule has 0 amide bonds. The van der Waals surface area contributed by atoms with Gasteiger partial charge in [0.05, 0.1) is 6.54 Å². The van der Waals surface area contributed by atoms with Crippen molar-refractivity contribution in [2.24, 2.45) is 0 Å². The molecule has 1 aliphatic carbocycles. The number of nitrogens with one attached hydrogen (secondary N) is 1. The zero-order valence-corrected chi connectivity index (χ0v) is 11.1. The van der Waals surface area contributed by atoms with Crippen molar-refractivity contribution in [2.45, 2.75) is 50.6 Å². The number of nitrogens with zero attached hydrogens (tertiary/aromatic N) is 3. The Hall–Kier alpha value is -0.940. The topological polar surface area (TPSA) is 54.2 Å². The van der Waals surface area contributed by atoms with Crippen molar-refractivity contribution in [3.8, 4) is 0 Å². The Kier molecular flexibility index (Phi) is 3.61. The molecule has 5 nitrogen and oxygen atoms in total. The first kappa shape index (κ1) is 12.1. The molecule has 2 aliphatic rings. The van der Waals surface area contributed by atoms with Gasteiger partial charge in [0.1, 0.15) is 0 Å². The molecule has 1 aromatic rings. The molecular formula is C13H22N4O. The Balaban J connectivity index is 1.48. The third-order valence-corrected chi connectivity index (χ3v) is 3.78. The van der Waals surface area contributed by atoms with Gasteiger partial charge in [-0.25, -0.2) is 0 Å². The van der Waals surface area contributed by atoms with Gasteiger partial charge in [-0.3, -0.25) is 4.90 Å². The summed E-state index contributed by atoms with van der Waals surface area (Å²) < 4.78 is 5.30. The lowest BCUT2D eigenvalue weighted by Crippen LogP contribution is -2.42. The highest BCUT2D eigenvalue weighted by Crippen LogP contribution is 2.38. The minimum Gasteiger partial charge on any atom is -0.338 e. The van der Waals surface area contributed by atoms with Crippen LogP contribution in [0.3, 0.4) is 0 Å². The van der Waals surface area contributed by atoms with E-state index >= 15 is 0 Å². The molecule has 1 unspecified atom stereocenters. The highest BCUT2D eigenvalue weighted by atomic mass is 16.5. The molecule has 1 aliphatic heterocycles. The first-order valence-electron chi connectivity index (χ1n) is 7.05. The summed E-state index contributed by atoms with van der Waals surface area (Å²) in [5, 5.41) is 7.61. The highest BCUT2D eigenvalue weighted by Gasteiger charge is 2.28. The fourth-order valence-electron chi connectivity index (χ4n) is 2.59. The van der Waals surface area contributed by atoms with E-state index in [0.717, 1.165) is 31.3 Å². The molecular weight excluding hydrogens is 228 g/mol. The summed E-state index contributed by atoms with van der Waals surface area (Å²) >= 11 is 0. The van der Waals surface area contributed by atoms with Gasteiger partial charge >= 0.3 is 0 Å². The lowest BCUT2D eigenvalue weighted by atomic mass is 10.0. The summed E-state index contributed by atoms with van der Waals surface area (Å²) in [5.74, 6) is 2.25. The smallest absolute Gasteiger partial charge is 0.240 e. The zero-order valence-electron chi connectivity index (χ0n) is 11.1. The molecule has 0 bridgehead atoms. The van der Waals surface area contributed by atoms with Crippen LogP contribution in [0.25, 0.3) is 0 Å². The number of likely N-dealkylation sites (N-methyl/N-ethyl adjacent to an activating group) is 1. The van der Waals surface area contributed by atoms with Crippen LogP contribution in [0.5, 0.6) is 0 Å². The van der Waals surface area contributed by atoms with Crippen LogP contribution in [0.1, 0.15) is 49.7 Å². The highest BCUT2D eigenvalue weighted by molar-refractivity contribution is 5.03. The summed E-state index contributed by atoms with van der Waals surface area (Å²) in [7, 11) is 2.12. The number of piperidine rings is 1. The standard InChI is InChI=1S/C13H22N4O/c1-17(8-11-4-2-3-7-14-11)9-12-15-13(16-18-12)10-5-6-10/h10-11,14H,2-9H2,1H3. The third kappa shape index (κ3) is 3.09. The summed E-state index contributed by atoms with van der Waals surface area (Å²) in [4.78, 5) is 6.74. The van der Waals surface area contributed by atoms with Gasteiger partial charge in [0.15, 0.2) is 5.82 Å². The zero-order chi connectivity index (χ0) is 12.4. The number of rotatable bonds is 5. The van der Waals surface area contributed by atoms with Crippen molar-refractivity contribution in [3.05, 3.63) is 11.7 Å². The SMILES string of the molecule is CN(Cc1nc(C2CC2)no1)CC1CCCCN1. The van der Waals surface area contributed by atoms with Crippen LogP contribution in [0.15, 0.2) is 4.52 Å². The van der Waals surface area contributed by atoms with Gasteiger partial charge in [0, 0.05) is 18.5 Å². The summed E-state index contributed by atoms with van der Waals surface area (Å²) in [6.07, 6.45) is 6.38. The molecule has 0 aromatic carbocycles. The largest absolute Gasteiger partial charge is 0.338 e. The molecule has 1 aromatic heterocycles. The predicted octanol–water partition coefficient (Wildman–Crippen LogP) is 1.52. The van der Waals surface area contributed by atoms with E-state index in [2.05, 4.69) is 27.4 Å². The van der Waals surface area contributed by atoms with Crippen LogP contribution in [0.2, 0.25) is 0 Å². The van der Waals surface area contributed by atoms with Crippen LogP contribution in [0.4, 0.5) is 0 Å². The van der Waals surface area contributed by atoms with Gasteiger partial charge in [0.25, 0.3) is 0 Å². The van der Waals surface area contributed by atoms with Crippen LogP contribution in [-0.2, 0) is 6.54 Å². The van der Waals surface area contributed by atoms with Gasteiger partial charge in [-0.2, -0.15) is 4.98 Å². The predicted molar refractivity (Wildman–Crippen MR) is 68.2 cm³/mol. The van der Waals surface area contributed by atoms with E-state index in [1.165, 1.54) is 32.1 Å². The minimum absolute atomic E-state index is 0.577. The third-order valence-electron chi connectivity index (χ3n) is 3.78. The maximum absolute atomic E-state index is 5.30. The van der Waals surface area contributed by atoms with Gasteiger partial charge in [-0.05, 0) is 39.3 Å². The summed E-state index contributed by atoms with van der Waals surface area (Å²) in [5.41, 5.74) is 0. The average Bonchev–Trinajstić information content (AvgIpc) is 3.12. The molecule has 0 spiro atoms. The molecule has 3 rings (SSSR count). The van der Waals surface area contributed by atoms with E-state index in [1.54, 1.807) is 0 Å². The Labute approximate surface area is 108 Å². The van der Waals surface area contributed by atoms with Crippen LogP contribution in [0, 0.1) is 0 Å². The van der Waals surface area contributed by atoms with E-state index in [9.17, 15) is 0 Å². The number of hydrogen-bond acceptors (Lipinski definition) is 5. The Morgan fingerprint density at radius 2 is 2.22 bits per heavy atom. The maximum atomic E-state index is 5.30. The fourth-order valence-corrected chi connectivity index (χ4v) is 2.59. The van der Waals surface area contributed by atoms with Gasteiger partial charge in [0.2, 0.25) is 5.89 Å². The van der Waals surface area contributed by atoms with Crippen molar-refractivity contribution >= 4 is 0 Å². The maximum Gasteiger partial charge on any atom is 0.240 e. The lowest BCUT2D eigenvalue weighted by molar-refractivity contribution is 0.227. The van der Waals surface area contributed by atoms with E-state index in [-0.39, 0.29) is 0 Å². The molecule has 18 heavy (non-hydrogen) atoms. The first-order chi connectivity index (χ1) is 8.81. The molecule has 1 saturated heterocycles. The average molecular weight is 250 g/mol. The van der Waals surface area contributed by atoms with Gasteiger partial charge < -0.3 is 9.84 Å². The van der Waals surface area contributed by atoms with Crippen molar-refractivity contribution in [1.82, 2.24) is 20.4 Å². The molecule has 2 fully saturated rings. The van der Waals surface area contributed by atoms with Crippen molar-refractivity contribution in [2.75, 3.05) is 20.1 Å². The second-order valence-corrected chi connectivity index (χ2v) is 5.66. The second kappa shape index (κ2) is 5.36. The summed E-state index contributed by atoms with van der Waals surface area (Å²) in [6.45, 7) is 2.98. The van der Waals surface area contributed by atoms with Crippen LogP contribution >= 0.6 is 0 Å².